The number of likely N-dealkylation sites (tertiary alicyclic amines) is 1. The van der Waals surface area contributed by atoms with Gasteiger partial charge in [0.15, 0.2) is 0 Å². The van der Waals surface area contributed by atoms with Crippen LogP contribution in [-0.2, 0) is 22.0 Å². The van der Waals surface area contributed by atoms with Crippen LogP contribution in [0.2, 0.25) is 0 Å². The van der Waals surface area contributed by atoms with Crippen LogP contribution in [0.3, 0.4) is 0 Å². The SMILES string of the molecule is CC1(C)CCC(C)(C)c2cc(-c3csc(C4CCN(C(=O)Cc5ccncc5)CC4)n3)ccc21. The van der Waals surface area contributed by atoms with Crippen molar-refractivity contribution in [1.82, 2.24) is 14.9 Å². The van der Waals surface area contributed by atoms with Gasteiger partial charge < -0.3 is 4.90 Å². The van der Waals surface area contributed by atoms with Crippen molar-refractivity contribution < 1.29 is 4.79 Å². The van der Waals surface area contributed by atoms with Gasteiger partial charge in [0.25, 0.3) is 0 Å². The van der Waals surface area contributed by atoms with Crippen molar-refractivity contribution in [3.63, 3.8) is 0 Å². The van der Waals surface area contributed by atoms with E-state index in [1.165, 1.54) is 34.5 Å². The number of fused-ring (bicyclic) bond motifs is 1. The summed E-state index contributed by atoms with van der Waals surface area (Å²) in [6.07, 6.45) is 8.38. The van der Waals surface area contributed by atoms with E-state index in [1.54, 1.807) is 23.7 Å². The zero-order chi connectivity index (χ0) is 23.9. The van der Waals surface area contributed by atoms with E-state index in [4.69, 9.17) is 4.98 Å². The molecule has 1 saturated heterocycles. The number of amides is 1. The van der Waals surface area contributed by atoms with Crippen LogP contribution in [-0.4, -0.2) is 33.9 Å². The number of nitrogens with zero attached hydrogens (tertiary/aromatic N) is 3. The van der Waals surface area contributed by atoms with Gasteiger partial charge in [-0.3, -0.25) is 9.78 Å². The highest BCUT2D eigenvalue weighted by Crippen LogP contribution is 2.47. The monoisotopic (exact) mass is 473 g/mol. The molecule has 1 fully saturated rings. The molecule has 5 rings (SSSR count). The highest BCUT2D eigenvalue weighted by molar-refractivity contribution is 7.10. The van der Waals surface area contributed by atoms with E-state index in [2.05, 4.69) is 56.3 Å². The lowest BCUT2D eigenvalue weighted by molar-refractivity contribution is -0.131. The molecule has 0 unspecified atom stereocenters. The van der Waals surface area contributed by atoms with Gasteiger partial charge in [-0.15, -0.1) is 11.3 Å². The van der Waals surface area contributed by atoms with Crippen molar-refractivity contribution in [2.45, 2.75) is 76.5 Å². The maximum absolute atomic E-state index is 12.7. The van der Waals surface area contributed by atoms with Crippen molar-refractivity contribution in [3.8, 4) is 11.3 Å². The fraction of sp³-hybridized carbons (Fsp3) is 0.483. The molecule has 178 valence electrons. The minimum atomic E-state index is 0.204. The summed E-state index contributed by atoms with van der Waals surface area (Å²) in [5, 5.41) is 3.44. The standard InChI is InChI=1S/C29H35N3OS/c1-28(2)11-12-29(3,4)24-18-22(5-6-23(24)28)25-19-34-27(31-25)21-9-15-32(16-10-21)26(33)17-20-7-13-30-14-8-20/h5-8,13-14,18-19,21H,9-12,15-17H2,1-4H3. The van der Waals surface area contributed by atoms with Crippen molar-refractivity contribution >= 4 is 17.2 Å². The van der Waals surface area contributed by atoms with Crippen LogP contribution in [0, 0.1) is 0 Å². The molecular weight excluding hydrogens is 438 g/mol. The van der Waals surface area contributed by atoms with E-state index < -0.39 is 0 Å². The summed E-state index contributed by atoms with van der Waals surface area (Å²) >= 11 is 1.78. The average Bonchev–Trinajstić information content (AvgIpc) is 3.33. The molecule has 4 nitrogen and oxygen atoms in total. The molecule has 2 aliphatic rings. The Morgan fingerprint density at radius 2 is 1.68 bits per heavy atom. The number of carbonyl (C=O) groups excluding carboxylic acids is 1. The topological polar surface area (TPSA) is 46.1 Å². The number of hydrogen-bond donors (Lipinski definition) is 0. The number of thiazole rings is 1. The minimum absolute atomic E-state index is 0.204. The van der Waals surface area contributed by atoms with E-state index in [-0.39, 0.29) is 16.7 Å². The molecule has 2 aromatic heterocycles. The van der Waals surface area contributed by atoms with E-state index in [1.807, 2.05) is 17.0 Å². The van der Waals surface area contributed by atoms with E-state index in [9.17, 15) is 4.79 Å². The molecule has 1 amide bonds. The van der Waals surface area contributed by atoms with Crippen LogP contribution in [0.1, 0.15) is 81.0 Å². The van der Waals surface area contributed by atoms with Crippen molar-refractivity contribution in [3.05, 3.63) is 69.8 Å². The zero-order valence-corrected chi connectivity index (χ0v) is 21.6. The third kappa shape index (κ3) is 4.55. The highest BCUT2D eigenvalue weighted by Gasteiger charge is 2.37. The average molecular weight is 474 g/mol. The zero-order valence-electron chi connectivity index (χ0n) is 20.8. The van der Waals surface area contributed by atoms with Crippen LogP contribution >= 0.6 is 11.3 Å². The number of hydrogen-bond acceptors (Lipinski definition) is 4. The molecule has 0 N–H and O–H groups in total. The van der Waals surface area contributed by atoms with Gasteiger partial charge in [0.1, 0.15) is 0 Å². The Morgan fingerprint density at radius 3 is 2.38 bits per heavy atom. The second-order valence-corrected chi connectivity index (χ2v) is 12.2. The first-order valence-electron chi connectivity index (χ1n) is 12.5. The molecule has 34 heavy (non-hydrogen) atoms. The molecule has 3 aromatic rings. The van der Waals surface area contributed by atoms with Crippen LogP contribution < -0.4 is 0 Å². The first-order chi connectivity index (χ1) is 16.2. The van der Waals surface area contributed by atoms with Gasteiger partial charge in [-0.25, -0.2) is 4.98 Å². The van der Waals surface area contributed by atoms with Gasteiger partial charge in [0.05, 0.1) is 17.1 Å². The Balaban J connectivity index is 1.27. The Labute approximate surface area is 207 Å². The predicted octanol–water partition coefficient (Wildman–Crippen LogP) is 6.50. The molecule has 1 aliphatic heterocycles. The smallest absolute Gasteiger partial charge is 0.226 e. The fourth-order valence-corrected chi connectivity index (χ4v) is 6.52. The molecule has 3 heterocycles. The number of carbonyl (C=O) groups is 1. The number of pyridine rings is 1. The molecule has 5 heteroatoms. The lowest BCUT2D eigenvalue weighted by Gasteiger charge is -2.42. The Morgan fingerprint density at radius 1 is 1.00 bits per heavy atom. The molecular formula is C29H35N3OS. The second kappa shape index (κ2) is 8.92. The van der Waals surface area contributed by atoms with Crippen LogP contribution in [0.4, 0.5) is 0 Å². The molecule has 0 radical (unpaired) electrons. The fourth-order valence-electron chi connectivity index (χ4n) is 5.52. The molecule has 0 bridgehead atoms. The van der Waals surface area contributed by atoms with Crippen molar-refractivity contribution in [2.75, 3.05) is 13.1 Å². The maximum Gasteiger partial charge on any atom is 0.226 e. The van der Waals surface area contributed by atoms with E-state index in [0.717, 1.165) is 37.2 Å². The largest absolute Gasteiger partial charge is 0.342 e. The quantitative estimate of drug-likeness (QED) is 0.434. The lowest BCUT2D eigenvalue weighted by atomic mass is 9.63. The van der Waals surface area contributed by atoms with Gasteiger partial charge in [-0.2, -0.15) is 0 Å². The second-order valence-electron chi connectivity index (χ2n) is 11.3. The third-order valence-electron chi connectivity index (χ3n) is 7.97. The summed E-state index contributed by atoms with van der Waals surface area (Å²) in [5.41, 5.74) is 6.77. The molecule has 1 aromatic carbocycles. The highest BCUT2D eigenvalue weighted by atomic mass is 32.1. The minimum Gasteiger partial charge on any atom is -0.342 e. The third-order valence-corrected chi connectivity index (χ3v) is 8.98. The first kappa shape index (κ1) is 23.2. The number of rotatable bonds is 4. The Bertz CT molecular complexity index is 1170. The summed E-state index contributed by atoms with van der Waals surface area (Å²) in [6, 6.07) is 10.9. The molecule has 1 aliphatic carbocycles. The Kier molecular flexibility index (Phi) is 6.09. The molecule has 0 atom stereocenters. The summed E-state index contributed by atoms with van der Waals surface area (Å²) in [6.45, 7) is 11.1. The van der Waals surface area contributed by atoms with Crippen LogP contribution in [0.25, 0.3) is 11.3 Å². The normalized spacial score (nSPS) is 19.6. The molecule has 0 saturated carbocycles. The van der Waals surface area contributed by atoms with Crippen molar-refractivity contribution in [1.29, 1.82) is 0 Å². The number of benzene rings is 1. The van der Waals surface area contributed by atoms with E-state index in [0.29, 0.717) is 12.3 Å². The van der Waals surface area contributed by atoms with Gasteiger partial charge in [-0.05, 0) is 71.4 Å². The number of aromatic nitrogens is 2. The summed E-state index contributed by atoms with van der Waals surface area (Å²) in [5.74, 6) is 0.654. The van der Waals surface area contributed by atoms with Gasteiger partial charge in [0.2, 0.25) is 5.91 Å². The van der Waals surface area contributed by atoms with Crippen molar-refractivity contribution in [2.24, 2.45) is 0 Å². The van der Waals surface area contributed by atoms with Gasteiger partial charge in [0, 0.05) is 42.3 Å². The Hall–Kier alpha value is -2.53. The first-order valence-corrected chi connectivity index (χ1v) is 13.4. The number of piperidine rings is 1. The van der Waals surface area contributed by atoms with E-state index >= 15 is 0 Å². The summed E-state index contributed by atoms with van der Waals surface area (Å²) < 4.78 is 0. The van der Waals surface area contributed by atoms with Gasteiger partial charge >= 0.3 is 0 Å². The molecule has 0 spiro atoms. The summed E-state index contributed by atoms with van der Waals surface area (Å²) in [4.78, 5) is 23.8. The maximum atomic E-state index is 12.7. The lowest BCUT2D eigenvalue weighted by Crippen LogP contribution is -2.38. The summed E-state index contributed by atoms with van der Waals surface area (Å²) in [7, 11) is 0. The van der Waals surface area contributed by atoms with Crippen LogP contribution in [0.5, 0.6) is 0 Å². The van der Waals surface area contributed by atoms with Crippen LogP contribution in [0.15, 0.2) is 48.1 Å². The predicted molar refractivity (Wildman–Crippen MR) is 139 cm³/mol. The van der Waals surface area contributed by atoms with Gasteiger partial charge in [-0.1, -0.05) is 39.8 Å².